The van der Waals surface area contributed by atoms with Crippen LogP contribution in [-0.4, -0.2) is 21.2 Å². The second-order valence-electron chi connectivity index (χ2n) is 3.22. The van der Waals surface area contributed by atoms with Crippen molar-refractivity contribution in [1.82, 2.24) is 14.8 Å². The van der Waals surface area contributed by atoms with Gasteiger partial charge >= 0.3 is 0 Å². The van der Waals surface area contributed by atoms with Crippen molar-refractivity contribution < 1.29 is 8.78 Å². The number of halogens is 2. The highest BCUT2D eigenvalue weighted by atomic mass is 32.1. The first-order valence-electron chi connectivity index (χ1n) is 4.67. The highest BCUT2D eigenvalue weighted by Gasteiger charge is 2.12. The van der Waals surface area contributed by atoms with Crippen molar-refractivity contribution in [3.8, 4) is 11.4 Å². The van der Waals surface area contributed by atoms with E-state index in [0.717, 1.165) is 5.56 Å². The van der Waals surface area contributed by atoms with E-state index < -0.39 is 13.0 Å². The summed E-state index contributed by atoms with van der Waals surface area (Å²) in [4.78, 5) is 0. The van der Waals surface area contributed by atoms with Crippen molar-refractivity contribution in [2.75, 3.05) is 0 Å². The van der Waals surface area contributed by atoms with Crippen LogP contribution in [0.3, 0.4) is 0 Å². The zero-order valence-corrected chi connectivity index (χ0v) is 9.05. The van der Waals surface area contributed by atoms with E-state index in [0.29, 0.717) is 5.82 Å². The van der Waals surface area contributed by atoms with Gasteiger partial charge in [-0.3, -0.25) is 9.67 Å². The molecule has 0 saturated carbocycles. The fraction of sp³-hybridized carbons (Fsp3) is 0.200. The molecule has 1 aromatic heterocycles. The van der Waals surface area contributed by atoms with Gasteiger partial charge in [0.2, 0.25) is 0 Å². The van der Waals surface area contributed by atoms with E-state index in [1.165, 1.54) is 4.57 Å². The number of rotatable bonds is 3. The molecular formula is C10H9F2N3S. The van der Waals surface area contributed by atoms with Crippen LogP contribution in [0.25, 0.3) is 11.4 Å². The van der Waals surface area contributed by atoms with E-state index in [4.69, 9.17) is 12.2 Å². The van der Waals surface area contributed by atoms with Gasteiger partial charge in [-0.2, -0.15) is 5.10 Å². The molecule has 1 aromatic carbocycles. The molecule has 0 aliphatic carbocycles. The standard InChI is InChI=1S/C10H9F2N3S/c11-8(12)6-15-9(13-14-10(15)16)7-4-2-1-3-5-7/h1-5,8H,6H2,(H,14,16). The van der Waals surface area contributed by atoms with Crippen LogP contribution in [-0.2, 0) is 6.54 Å². The highest BCUT2D eigenvalue weighted by Crippen LogP contribution is 2.17. The van der Waals surface area contributed by atoms with Crippen LogP contribution in [0.4, 0.5) is 8.78 Å². The van der Waals surface area contributed by atoms with E-state index >= 15 is 0 Å². The number of aromatic nitrogens is 3. The normalized spacial score (nSPS) is 10.9. The van der Waals surface area contributed by atoms with Crippen molar-refractivity contribution in [3.63, 3.8) is 0 Å². The number of aromatic amines is 1. The van der Waals surface area contributed by atoms with Gasteiger partial charge in [0.25, 0.3) is 6.43 Å². The summed E-state index contributed by atoms with van der Waals surface area (Å²) in [6.07, 6.45) is -2.45. The van der Waals surface area contributed by atoms with Crippen LogP contribution < -0.4 is 0 Å². The maximum Gasteiger partial charge on any atom is 0.256 e. The third-order valence-electron chi connectivity index (χ3n) is 2.11. The van der Waals surface area contributed by atoms with Gasteiger partial charge < -0.3 is 0 Å². The minimum Gasteiger partial charge on any atom is -0.294 e. The zero-order valence-electron chi connectivity index (χ0n) is 8.23. The lowest BCUT2D eigenvalue weighted by Crippen LogP contribution is -2.08. The molecule has 0 aliphatic heterocycles. The van der Waals surface area contributed by atoms with Crippen LogP contribution in [0.5, 0.6) is 0 Å². The monoisotopic (exact) mass is 241 g/mol. The molecule has 0 aliphatic rings. The fourth-order valence-electron chi connectivity index (χ4n) is 1.43. The Labute approximate surface area is 95.7 Å². The van der Waals surface area contributed by atoms with Gasteiger partial charge in [-0.15, -0.1) is 0 Å². The summed E-state index contributed by atoms with van der Waals surface area (Å²) < 4.78 is 26.2. The fourth-order valence-corrected chi connectivity index (χ4v) is 1.64. The smallest absolute Gasteiger partial charge is 0.256 e. The SMILES string of the molecule is FC(F)Cn1c(-c2ccccc2)n[nH]c1=S. The molecule has 0 amide bonds. The summed E-state index contributed by atoms with van der Waals surface area (Å²) in [5.41, 5.74) is 0.760. The molecule has 16 heavy (non-hydrogen) atoms. The number of hydrogen-bond acceptors (Lipinski definition) is 2. The Hall–Kier alpha value is -1.56. The quantitative estimate of drug-likeness (QED) is 0.838. The average molecular weight is 241 g/mol. The van der Waals surface area contributed by atoms with Crippen molar-refractivity contribution in [2.45, 2.75) is 13.0 Å². The molecule has 6 heteroatoms. The summed E-state index contributed by atoms with van der Waals surface area (Å²) in [6, 6.07) is 9.08. The average Bonchev–Trinajstić information content (AvgIpc) is 2.61. The number of alkyl halides is 2. The summed E-state index contributed by atoms with van der Waals surface area (Å²) in [5, 5.41) is 6.48. The Kier molecular flexibility index (Phi) is 3.09. The number of benzene rings is 1. The van der Waals surface area contributed by atoms with E-state index in [1.807, 2.05) is 18.2 Å². The lowest BCUT2D eigenvalue weighted by atomic mass is 10.2. The molecule has 0 atom stereocenters. The van der Waals surface area contributed by atoms with Crippen molar-refractivity contribution >= 4 is 12.2 Å². The van der Waals surface area contributed by atoms with Gasteiger partial charge in [-0.1, -0.05) is 30.3 Å². The highest BCUT2D eigenvalue weighted by molar-refractivity contribution is 7.71. The van der Waals surface area contributed by atoms with Crippen molar-refractivity contribution in [2.24, 2.45) is 0 Å². The first kappa shape index (κ1) is 10.9. The lowest BCUT2D eigenvalue weighted by molar-refractivity contribution is 0.126. The summed E-state index contributed by atoms with van der Waals surface area (Å²) in [7, 11) is 0. The molecule has 1 heterocycles. The summed E-state index contributed by atoms with van der Waals surface area (Å²) >= 11 is 4.90. The Bertz CT molecular complexity index is 518. The third-order valence-corrected chi connectivity index (χ3v) is 2.42. The van der Waals surface area contributed by atoms with E-state index in [-0.39, 0.29) is 4.77 Å². The van der Waals surface area contributed by atoms with Gasteiger partial charge in [0.05, 0.1) is 6.54 Å². The van der Waals surface area contributed by atoms with Gasteiger partial charge in [0, 0.05) is 5.56 Å². The van der Waals surface area contributed by atoms with Crippen LogP contribution >= 0.6 is 12.2 Å². The Balaban J connectivity index is 2.46. The predicted octanol–water partition coefficient (Wildman–Crippen LogP) is 2.87. The number of H-pyrrole nitrogens is 1. The van der Waals surface area contributed by atoms with Crippen molar-refractivity contribution in [1.29, 1.82) is 0 Å². The third kappa shape index (κ3) is 2.16. The summed E-state index contributed by atoms with van der Waals surface area (Å²) in [5.74, 6) is 0.436. The second kappa shape index (κ2) is 4.52. The Morgan fingerprint density at radius 1 is 1.31 bits per heavy atom. The molecule has 0 saturated heterocycles. The van der Waals surface area contributed by atoms with Crippen LogP contribution in [0, 0.1) is 4.77 Å². The number of nitrogens with one attached hydrogen (secondary N) is 1. The molecule has 2 rings (SSSR count). The van der Waals surface area contributed by atoms with E-state index in [2.05, 4.69) is 10.2 Å². The second-order valence-corrected chi connectivity index (χ2v) is 3.61. The van der Waals surface area contributed by atoms with Crippen LogP contribution in [0.2, 0.25) is 0 Å². The maximum absolute atomic E-state index is 12.4. The molecule has 84 valence electrons. The van der Waals surface area contributed by atoms with Crippen LogP contribution in [0.1, 0.15) is 0 Å². The minimum atomic E-state index is -2.45. The maximum atomic E-state index is 12.4. The molecule has 0 unspecified atom stereocenters. The first-order valence-corrected chi connectivity index (χ1v) is 5.08. The molecule has 0 spiro atoms. The van der Waals surface area contributed by atoms with Gasteiger partial charge in [-0.05, 0) is 12.2 Å². The lowest BCUT2D eigenvalue weighted by Gasteiger charge is -2.05. The van der Waals surface area contributed by atoms with E-state index in [1.54, 1.807) is 12.1 Å². The summed E-state index contributed by atoms with van der Waals surface area (Å²) in [6.45, 7) is -0.445. The van der Waals surface area contributed by atoms with Gasteiger partial charge in [0.15, 0.2) is 10.6 Å². The zero-order chi connectivity index (χ0) is 11.5. The Morgan fingerprint density at radius 2 is 2.00 bits per heavy atom. The topological polar surface area (TPSA) is 33.6 Å². The molecule has 1 N–H and O–H groups in total. The Morgan fingerprint density at radius 3 is 2.62 bits per heavy atom. The van der Waals surface area contributed by atoms with E-state index in [9.17, 15) is 8.78 Å². The first-order chi connectivity index (χ1) is 7.68. The number of nitrogens with zero attached hydrogens (tertiary/aromatic N) is 2. The van der Waals surface area contributed by atoms with Gasteiger partial charge in [0.1, 0.15) is 0 Å². The molecule has 0 bridgehead atoms. The van der Waals surface area contributed by atoms with Gasteiger partial charge in [-0.25, -0.2) is 8.78 Å². The molecule has 0 radical (unpaired) electrons. The van der Waals surface area contributed by atoms with Crippen molar-refractivity contribution in [3.05, 3.63) is 35.1 Å². The largest absolute Gasteiger partial charge is 0.294 e. The van der Waals surface area contributed by atoms with Crippen LogP contribution in [0.15, 0.2) is 30.3 Å². The molecule has 2 aromatic rings. The predicted molar refractivity (Wildman–Crippen MR) is 58.9 cm³/mol. The minimum absolute atomic E-state index is 0.208. The number of hydrogen-bond donors (Lipinski definition) is 1. The molecular weight excluding hydrogens is 232 g/mol. The molecule has 3 nitrogen and oxygen atoms in total. The molecule has 0 fully saturated rings.